The third-order valence-corrected chi connectivity index (χ3v) is 3.68. The molecule has 0 spiro atoms. The summed E-state index contributed by atoms with van der Waals surface area (Å²) in [5, 5.41) is 5.66. The predicted molar refractivity (Wildman–Crippen MR) is 92.2 cm³/mol. The van der Waals surface area contributed by atoms with Crippen molar-refractivity contribution >= 4 is 17.4 Å². The second-order valence-electron chi connectivity index (χ2n) is 5.48. The van der Waals surface area contributed by atoms with E-state index in [0.29, 0.717) is 0 Å². The molecule has 4 N–H and O–H groups in total. The molecule has 1 unspecified atom stereocenters. The molecule has 4 heteroatoms. The topological polar surface area (TPSA) is 67.2 Å². The minimum atomic E-state index is -0.253. The largest absolute Gasteiger partial charge is 0.324 e. The van der Waals surface area contributed by atoms with Crippen molar-refractivity contribution in [2.24, 2.45) is 5.73 Å². The van der Waals surface area contributed by atoms with Gasteiger partial charge in [-0.15, -0.1) is 0 Å². The van der Waals surface area contributed by atoms with Crippen molar-refractivity contribution in [3.05, 3.63) is 59.2 Å². The summed E-state index contributed by atoms with van der Waals surface area (Å²) in [6.07, 6.45) is 0.990. The summed E-state index contributed by atoms with van der Waals surface area (Å²) in [5.41, 5.74) is 10.8. The highest BCUT2D eigenvalue weighted by Crippen LogP contribution is 2.17. The Morgan fingerprint density at radius 1 is 1.09 bits per heavy atom. The number of benzene rings is 2. The summed E-state index contributed by atoms with van der Waals surface area (Å²) in [7, 11) is 0. The van der Waals surface area contributed by atoms with Crippen LogP contribution in [0.3, 0.4) is 0 Å². The van der Waals surface area contributed by atoms with Gasteiger partial charge in [0, 0.05) is 17.4 Å². The van der Waals surface area contributed by atoms with Crippen LogP contribution in [-0.2, 0) is 6.42 Å². The number of carbonyl (C=O) groups excluding carboxylic acids is 1. The molecule has 0 heterocycles. The molecule has 2 aromatic carbocycles. The van der Waals surface area contributed by atoms with Crippen molar-refractivity contribution in [2.45, 2.75) is 33.2 Å². The van der Waals surface area contributed by atoms with E-state index in [1.54, 1.807) is 0 Å². The Morgan fingerprint density at radius 3 is 2.23 bits per heavy atom. The van der Waals surface area contributed by atoms with Crippen LogP contribution < -0.4 is 16.4 Å². The van der Waals surface area contributed by atoms with Crippen LogP contribution in [0, 0.1) is 6.92 Å². The number of hydrogen-bond acceptors (Lipinski definition) is 2. The lowest BCUT2D eigenvalue weighted by Gasteiger charge is -2.11. The highest BCUT2D eigenvalue weighted by Gasteiger charge is 2.05. The van der Waals surface area contributed by atoms with Gasteiger partial charge in [-0.25, -0.2) is 4.79 Å². The van der Waals surface area contributed by atoms with Gasteiger partial charge in [0.25, 0.3) is 0 Å². The van der Waals surface area contributed by atoms with Crippen molar-refractivity contribution < 1.29 is 4.79 Å². The number of amides is 2. The molecule has 0 aliphatic heterocycles. The normalized spacial score (nSPS) is 11.8. The van der Waals surface area contributed by atoms with Crippen molar-refractivity contribution in [3.8, 4) is 0 Å². The van der Waals surface area contributed by atoms with Crippen LogP contribution in [0.1, 0.15) is 36.6 Å². The van der Waals surface area contributed by atoms with Crippen molar-refractivity contribution in [1.29, 1.82) is 0 Å². The van der Waals surface area contributed by atoms with E-state index in [1.807, 2.05) is 49.4 Å². The van der Waals surface area contributed by atoms with Crippen molar-refractivity contribution in [2.75, 3.05) is 10.6 Å². The van der Waals surface area contributed by atoms with E-state index in [4.69, 9.17) is 5.73 Å². The first-order valence-electron chi connectivity index (χ1n) is 7.52. The molecule has 2 aromatic rings. The standard InChI is InChI=1S/C18H23N3O/c1-4-14-5-10-17(11-12(14)2)21-18(22)20-16-8-6-15(7-9-16)13(3)19/h5-11,13H,4,19H2,1-3H3,(H2,20,21,22). The van der Waals surface area contributed by atoms with Gasteiger partial charge >= 0.3 is 6.03 Å². The number of rotatable bonds is 4. The van der Waals surface area contributed by atoms with Crippen LogP contribution >= 0.6 is 0 Å². The van der Waals surface area contributed by atoms with Gasteiger partial charge in [0.2, 0.25) is 0 Å². The van der Waals surface area contributed by atoms with Crippen LogP contribution in [0.2, 0.25) is 0 Å². The van der Waals surface area contributed by atoms with E-state index >= 15 is 0 Å². The summed E-state index contributed by atoms with van der Waals surface area (Å²) in [5.74, 6) is 0. The van der Waals surface area contributed by atoms with Gasteiger partial charge in [0.05, 0.1) is 0 Å². The summed E-state index contributed by atoms with van der Waals surface area (Å²) in [6, 6.07) is 13.2. The highest BCUT2D eigenvalue weighted by atomic mass is 16.2. The van der Waals surface area contributed by atoms with E-state index < -0.39 is 0 Å². The van der Waals surface area contributed by atoms with E-state index in [9.17, 15) is 4.79 Å². The molecule has 0 aliphatic carbocycles. The molecule has 4 nitrogen and oxygen atoms in total. The zero-order valence-electron chi connectivity index (χ0n) is 13.3. The predicted octanol–water partition coefficient (Wildman–Crippen LogP) is 4.22. The number of anilines is 2. The summed E-state index contributed by atoms with van der Waals surface area (Å²) in [6.45, 7) is 6.10. The molecule has 0 aliphatic rings. The van der Waals surface area contributed by atoms with Gasteiger partial charge in [-0.1, -0.05) is 25.1 Å². The van der Waals surface area contributed by atoms with Crippen molar-refractivity contribution in [3.63, 3.8) is 0 Å². The molecule has 0 aromatic heterocycles. The second-order valence-corrected chi connectivity index (χ2v) is 5.48. The number of nitrogens with one attached hydrogen (secondary N) is 2. The lowest BCUT2D eigenvalue weighted by molar-refractivity contribution is 0.262. The Hall–Kier alpha value is -2.33. The molecule has 116 valence electrons. The lowest BCUT2D eigenvalue weighted by atomic mass is 10.1. The van der Waals surface area contributed by atoms with E-state index in [2.05, 4.69) is 24.5 Å². The first kappa shape index (κ1) is 16.0. The third kappa shape index (κ3) is 4.09. The van der Waals surface area contributed by atoms with E-state index in [0.717, 1.165) is 23.4 Å². The number of carbonyl (C=O) groups is 1. The minimum Gasteiger partial charge on any atom is -0.324 e. The van der Waals surface area contributed by atoms with Gasteiger partial charge in [-0.3, -0.25) is 0 Å². The molecule has 0 saturated carbocycles. The summed E-state index contributed by atoms with van der Waals surface area (Å²) in [4.78, 5) is 12.0. The Morgan fingerprint density at radius 2 is 1.68 bits per heavy atom. The molecule has 2 amide bonds. The molecular formula is C18H23N3O. The Kier molecular flexibility index (Phi) is 5.17. The Balaban J connectivity index is 1.99. The smallest absolute Gasteiger partial charge is 0.323 e. The van der Waals surface area contributed by atoms with Crippen LogP contribution in [0.5, 0.6) is 0 Å². The van der Waals surface area contributed by atoms with E-state index in [-0.39, 0.29) is 12.1 Å². The van der Waals surface area contributed by atoms with Gasteiger partial charge in [-0.2, -0.15) is 0 Å². The molecule has 0 saturated heterocycles. The van der Waals surface area contributed by atoms with Crippen LogP contribution in [-0.4, -0.2) is 6.03 Å². The number of urea groups is 1. The van der Waals surface area contributed by atoms with Gasteiger partial charge in [0.1, 0.15) is 0 Å². The fraction of sp³-hybridized carbons (Fsp3) is 0.278. The van der Waals surface area contributed by atoms with E-state index in [1.165, 1.54) is 11.1 Å². The first-order valence-corrected chi connectivity index (χ1v) is 7.52. The third-order valence-electron chi connectivity index (χ3n) is 3.68. The summed E-state index contributed by atoms with van der Waals surface area (Å²) < 4.78 is 0. The second kappa shape index (κ2) is 7.09. The quantitative estimate of drug-likeness (QED) is 0.791. The zero-order chi connectivity index (χ0) is 16.1. The molecule has 2 rings (SSSR count). The maximum atomic E-state index is 12.0. The average Bonchev–Trinajstić information content (AvgIpc) is 2.48. The SMILES string of the molecule is CCc1ccc(NC(=O)Nc2ccc(C(C)N)cc2)cc1C. The number of hydrogen-bond donors (Lipinski definition) is 3. The van der Waals surface area contributed by atoms with Crippen LogP contribution in [0.25, 0.3) is 0 Å². The molecule has 1 atom stereocenters. The fourth-order valence-corrected chi connectivity index (χ4v) is 2.33. The van der Waals surface area contributed by atoms with Crippen LogP contribution in [0.15, 0.2) is 42.5 Å². The van der Waals surface area contributed by atoms with Gasteiger partial charge in [-0.05, 0) is 61.2 Å². The average molecular weight is 297 g/mol. The highest BCUT2D eigenvalue weighted by molar-refractivity contribution is 5.99. The van der Waals surface area contributed by atoms with Crippen LogP contribution in [0.4, 0.5) is 16.2 Å². The summed E-state index contributed by atoms with van der Waals surface area (Å²) >= 11 is 0. The molecular weight excluding hydrogens is 274 g/mol. The van der Waals surface area contributed by atoms with Gasteiger partial charge in [0.15, 0.2) is 0 Å². The van der Waals surface area contributed by atoms with Gasteiger partial charge < -0.3 is 16.4 Å². The minimum absolute atomic E-state index is 0.0112. The molecule has 0 fully saturated rings. The lowest BCUT2D eigenvalue weighted by Crippen LogP contribution is -2.19. The number of nitrogens with two attached hydrogens (primary N) is 1. The Bertz CT molecular complexity index is 648. The maximum Gasteiger partial charge on any atom is 0.323 e. The molecule has 0 radical (unpaired) electrons. The molecule has 0 bridgehead atoms. The molecule has 22 heavy (non-hydrogen) atoms. The Labute approximate surface area is 131 Å². The number of aryl methyl sites for hydroxylation is 2. The first-order chi connectivity index (χ1) is 10.5. The monoisotopic (exact) mass is 297 g/mol. The van der Waals surface area contributed by atoms with Crippen molar-refractivity contribution in [1.82, 2.24) is 0 Å². The maximum absolute atomic E-state index is 12.0. The zero-order valence-corrected chi connectivity index (χ0v) is 13.3. The fourth-order valence-electron chi connectivity index (χ4n) is 2.33.